The van der Waals surface area contributed by atoms with Gasteiger partial charge >= 0.3 is 0 Å². The number of aromatic nitrogens is 2. The van der Waals surface area contributed by atoms with Crippen LogP contribution in [0.1, 0.15) is 13.8 Å². The fraction of sp³-hybridized carbons (Fsp3) is 0.429. The lowest BCUT2D eigenvalue weighted by atomic mass is 10.2. The first-order valence-electron chi connectivity index (χ1n) is 6.63. The van der Waals surface area contributed by atoms with Gasteiger partial charge in [0.1, 0.15) is 0 Å². The average Bonchev–Trinajstić information content (AvgIpc) is 2.46. The molecule has 19 heavy (non-hydrogen) atoms. The summed E-state index contributed by atoms with van der Waals surface area (Å²) in [5, 5.41) is 13.9. The summed E-state index contributed by atoms with van der Waals surface area (Å²) in [4.78, 5) is 2.36. The van der Waals surface area contributed by atoms with Gasteiger partial charge in [0.25, 0.3) is 0 Å². The van der Waals surface area contributed by atoms with Crippen molar-refractivity contribution in [3.05, 3.63) is 29.4 Å². The van der Waals surface area contributed by atoms with Gasteiger partial charge < -0.3 is 10.2 Å². The second kappa shape index (κ2) is 6.68. The summed E-state index contributed by atoms with van der Waals surface area (Å²) in [6.07, 6.45) is 0. The molecule has 4 nitrogen and oxygen atoms in total. The van der Waals surface area contributed by atoms with Crippen molar-refractivity contribution in [2.45, 2.75) is 13.8 Å². The van der Waals surface area contributed by atoms with Crippen molar-refractivity contribution in [2.24, 2.45) is 0 Å². The second-order valence-electron chi connectivity index (χ2n) is 4.34. The van der Waals surface area contributed by atoms with Crippen LogP contribution in [0, 0.1) is 0 Å². The first-order chi connectivity index (χ1) is 9.26. The monoisotopic (exact) mass is 278 g/mol. The fourth-order valence-corrected chi connectivity index (χ4v) is 2.28. The Morgan fingerprint density at radius 2 is 1.79 bits per heavy atom. The van der Waals surface area contributed by atoms with Gasteiger partial charge in [-0.05, 0) is 13.1 Å². The van der Waals surface area contributed by atoms with E-state index in [9.17, 15) is 0 Å². The molecule has 0 spiro atoms. The molecule has 0 saturated carbocycles. The summed E-state index contributed by atoms with van der Waals surface area (Å²) in [6.45, 7) is 8.30. The highest BCUT2D eigenvalue weighted by atomic mass is 35.5. The molecule has 0 amide bonds. The molecule has 2 aromatic rings. The van der Waals surface area contributed by atoms with E-state index in [0.29, 0.717) is 5.15 Å². The Balaban J connectivity index is 2.11. The maximum absolute atomic E-state index is 6.05. The normalized spacial score (nSPS) is 11.2. The Morgan fingerprint density at radius 3 is 2.47 bits per heavy atom. The zero-order valence-electron chi connectivity index (χ0n) is 11.4. The van der Waals surface area contributed by atoms with Crippen LogP contribution in [0.5, 0.6) is 0 Å². The van der Waals surface area contributed by atoms with Gasteiger partial charge in [-0.15, -0.1) is 10.2 Å². The number of nitrogens with zero attached hydrogens (tertiary/aromatic N) is 3. The number of anilines is 1. The number of hydrogen-bond acceptors (Lipinski definition) is 4. The van der Waals surface area contributed by atoms with E-state index in [-0.39, 0.29) is 0 Å². The van der Waals surface area contributed by atoms with Crippen LogP contribution in [0.15, 0.2) is 24.3 Å². The van der Waals surface area contributed by atoms with E-state index >= 15 is 0 Å². The SMILES string of the molecule is CCN(CC)CCNc1nnc(Cl)c2ccccc12. The second-order valence-corrected chi connectivity index (χ2v) is 4.70. The molecule has 1 N–H and O–H groups in total. The molecule has 0 aliphatic carbocycles. The molecule has 0 atom stereocenters. The van der Waals surface area contributed by atoms with Crippen molar-refractivity contribution in [1.82, 2.24) is 15.1 Å². The van der Waals surface area contributed by atoms with E-state index < -0.39 is 0 Å². The van der Waals surface area contributed by atoms with Crippen molar-refractivity contribution < 1.29 is 0 Å². The van der Waals surface area contributed by atoms with Crippen LogP contribution in [0.4, 0.5) is 5.82 Å². The number of rotatable bonds is 6. The minimum Gasteiger partial charge on any atom is -0.367 e. The molecule has 0 saturated heterocycles. The third-order valence-corrected chi connectivity index (χ3v) is 3.54. The minimum atomic E-state index is 0.449. The lowest BCUT2D eigenvalue weighted by molar-refractivity contribution is 0.316. The molecule has 0 radical (unpaired) electrons. The van der Waals surface area contributed by atoms with E-state index in [1.165, 1.54) is 0 Å². The zero-order valence-corrected chi connectivity index (χ0v) is 12.1. The predicted molar refractivity (Wildman–Crippen MR) is 80.8 cm³/mol. The fourth-order valence-electron chi connectivity index (χ4n) is 2.07. The molecular weight excluding hydrogens is 260 g/mol. The Kier molecular flexibility index (Phi) is 4.93. The molecule has 0 unspecified atom stereocenters. The number of benzene rings is 1. The number of hydrogen-bond donors (Lipinski definition) is 1. The number of nitrogens with one attached hydrogen (secondary N) is 1. The minimum absolute atomic E-state index is 0.449. The van der Waals surface area contributed by atoms with Crippen molar-refractivity contribution in [3.8, 4) is 0 Å². The first kappa shape index (κ1) is 14.0. The van der Waals surface area contributed by atoms with Gasteiger partial charge in [-0.3, -0.25) is 0 Å². The van der Waals surface area contributed by atoms with E-state index in [1.54, 1.807) is 0 Å². The molecule has 0 aliphatic rings. The third kappa shape index (κ3) is 3.33. The average molecular weight is 279 g/mol. The van der Waals surface area contributed by atoms with E-state index in [0.717, 1.165) is 42.8 Å². The molecule has 0 aliphatic heterocycles. The van der Waals surface area contributed by atoms with Crippen LogP contribution in [-0.2, 0) is 0 Å². The number of fused-ring (bicyclic) bond motifs is 1. The standard InChI is InChI=1S/C14H19ClN4/c1-3-19(4-2)10-9-16-14-12-8-6-5-7-11(12)13(15)17-18-14/h5-8H,3-4,9-10H2,1-2H3,(H,16,18). The molecule has 1 heterocycles. The zero-order chi connectivity index (χ0) is 13.7. The van der Waals surface area contributed by atoms with Crippen LogP contribution in [0.2, 0.25) is 5.15 Å². The van der Waals surface area contributed by atoms with Gasteiger partial charge in [-0.2, -0.15) is 0 Å². The highest BCUT2D eigenvalue weighted by Crippen LogP contribution is 2.25. The lowest BCUT2D eigenvalue weighted by Crippen LogP contribution is -2.28. The Bertz CT molecular complexity index is 540. The van der Waals surface area contributed by atoms with Gasteiger partial charge in [0, 0.05) is 23.9 Å². The van der Waals surface area contributed by atoms with Crippen molar-refractivity contribution in [2.75, 3.05) is 31.5 Å². The highest BCUT2D eigenvalue weighted by molar-refractivity contribution is 6.34. The molecule has 1 aromatic heterocycles. The largest absolute Gasteiger partial charge is 0.367 e. The van der Waals surface area contributed by atoms with Gasteiger partial charge in [-0.25, -0.2) is 0 Å². The van der Waals surface area contributed by atoms with Crippen molar-refractivity contribution >= 4 is 28.2 Å². The summed E-state index contributed by atoms with van der Waals surface area (Å²) < 4.78 is 0. The Morgan fingerprint density at radius 1 is 1.11 bits per heavy atom. The van der Waals surface area contributed by atoms with E-state index in [1.807, 2.05) is 24.3 Å². The molecule has 2 rings (SSSR count). The van der Waals surface area contributed by atoms with Gasteiger partial charge in [0.15, 0.2) is 11.0 Å². The third-order valence-electron chi connectivity index (χ3n) is 3.26. The summed E-state index contributed by atoms with van der Waals surface area (Å²) in [5.41, 5.74) is 0. The summed E-state index contributed by atoms with van der Waals surface area (Å²) in [6, 6.07) is 7.91. The van der Waals surface area contributed by atoms with Crippen LogP contribution in [0.3, 0.4) is 0 Å². The van der Waals surface area contributed by atoms with Crippen LogP contribution >= 0.6 is 11.6 Å². The topological polar surface area (TPSA) is 41.0 Å². The summed E-state index contributed by atoms with van der Waals surface area (Å²) >= 11 is 6.05. The molecule has 5 heteroatoms. The number of likely N-dealkylation sites (N-methyl/N-ethyl adjacent to an activating group) is 1. The van der Waals surface area contributed by atoms with Gasteiger partial charge in [0.2, 0.25) is 0 Å². The van der Waals surface area contributed by atoms with Crippen LogP contribution < -0.4 is 5.32 Å². The van der Waals surface area contributed by atoms with Crippen molar-refractivity contribution in [1.29, 1.82) is 0 Å². The van der Waals surface area contributed by atoms with E-state index in [2.05, 4.69) is 34.3 Å². The van der Waals surface area contributed by atoms with Crippen LogP contribution in [0.25, 0.3) is 10.8 Å². The summed E-state index contributed by atoms with van der Waals surface area (Å²) in [5.74, 6) is 0.798. The van der Waals surface area contributed by atoms with Crippen LogP contribution in [-0.4, -0.2) is 41.3 Å². The molecular formula is C14H19ClN4. The quantitative estimate of drug-likeness (QED) is 0.882. The van der Waals surface area contributed by atoms with Gasteiger partial charge in [-0.1, -0.05) is 49.7 Å². The van der Waals surface area contributed by atoms with E-state index in [4.69, 9.17) is 11.6 Å². The Hall–Kier alpha value is -1.39. The smallest absolute Gasteiger partial charge is 0.159 e. The first-order valence-corrected chi connectivity index (χ1v) is 7.01. The Labute approximate surface area is 118 Å². The summed E-state index contributed by atoms with van der Waals surface area (Å²) in [7, 11) is 0. The highest BCUT2D eigenvalue weighted by Gasteiger charge is 2.07. The predicted octanol–water partition coefficient (Wildman–Crippen LogP) is 3.04. The molecule has 1 aromatic carbocycles. The molecule has 0 fully saturated rings. The molecule has 102 valence electrons. The molecule has 0 bridgehead atoms. The van der Waals surface area contributed by atoms with Gasteiger partial charge in [0.05, 0.1) is 0 Å². The maximum atomic E-state index is 6.05. The lowest BCUT2D eigenvalue weighted by Gasteiger charge is -2.18. The maximum Gasteiger partial charge on any atom is 0.159 e. The van der Waals surface area contributed by atoms with Crippen molar-refractivity contribution in [3.63, 3.8) is 0 Å². The number of halogens is 1.